The minimum absolute atomic E-state index is 0.110. The Morgan fingerprint density at radius 3 is 2.93 bits per heavy atom. The van der Waals surface area contributed by atoms with Crippen molar-refractivity contribution in [2.45, 2.75) is 13.8 Å². The molecular formula is C9H13ClN2O2. The molecule has 1 aromatic heterocycles. The van der Waals surface area contributed by atoms with Crippen LogP contribution in [0.2, 0.25) is 0 Å². The molecule has 0 unspecified atom stereocenters. The number of nitrogens with zero attached hydrogens (tertiary/aromatic N) is 1. The normalized spacial score (nSPS) is 11.4. The van der Waals surface area contributed by atoms with Crippen LogP contribution in [0.1, 0.15) is 24.3 Å². The van der Waals surface area contributed by atoms with Crippen LogP contribution in [0.4, 0.5) is 0 Å². The summed E-state index contributed by atoms with van der Waals surface area (Å²) in [7, 11) is 0. The minimum atomic E-state index is -0.239. The Morgan fingerprint density at radius 1 is 1.71 bits per heavy atom. The van der Waals surface area contributed by atoms with Gasteiger partial charge in [0.25, 0.3) is 5.91 Å². The van der Waals surface area contributed by atoms with Crippen LogP contribution >= 0.6 is 11.6 Å². The quantitative estimate of drug-likeness (QED) is 0.779. The molecule has 0 bridgehead atoms. The Labute approximate surface area is 87.6 Å². The fourth-order valence-corrected chi connectivity index (χ4v) is 0.882. The first kappa shape index (κ1) is 11.0. The van der Waals surface area contributed by atoms with E-state index in [0.717, 1.165) is 0 Å². The average Bonchev–Trinajstić information content (AvgIpc) is 2.67. The van der Waals surface area contributed by atoms with Crippen molar-refractivity contribution in [1.82, 2.24) is 10.5 Å². The van der Waals surface area contributed by atoms with Crippen molar-refractivity contribution < 1.29 is 9.32 Å². The zero-order chi connectivity index (χ0) is 10.6. The van der Waals surface area contributed by atoms with Crippen molar-refractivity contribution >= 4 is 17.5 Å². The van der Waals surface area contributed by atoms with Gasteiger partial charge in [-0.3, -0.25) is 4.79 Å². The number of hydrogen-bond donors (Lipinski definition) is 1. The molecule has 1 rings (SSSR count). The molecule has 1 heterocycles. The molecule has 5 heteroatoms. The Bertz CT molecular complexity index is 296. The van der Waals surface area contributed by atoms with E-state index in [4.69, 9.17) is 11.6 Å². The monoisotopic (exact) mass is 216 g/mol. The lowest BCUT2D eigenvalue weighted by molar-refractivity contribution is 0.0931. The summed E-state index contributed by atoms with van der Waals surface area (Å²) in [5.74, 6) is 0.253. The third kappa shape index (κ3) is 3.03. The highest BCUT2D eigenvalue weighted by Crippen LogP contribution is 2.15. The van der Waals surface area contributed by atoms with E-state index >= 15 is 0 Å². The summed E-state index contributed by atoms with van der Waals surface area (Å²) in [5, 5.41) is 6.25. The number of alkyl halides is 1. The summed E-state index contributed by atoms with van der Waals surface area (Å²) in [5.41, 5.74) is 0.177. The lowest BCUT2D eigenvalue weighted by Gasteiger charge is -2.21. The molecule has 1 amide bonds. The topological polar surface area (TPSA) is 55.1 Å². The first-order valence-electron chi connectivity index (χ1n) is 4.30. The number of carbonyl (C=O) groups is 1. The molecule has 78 valence electrons. The maximum absolute atomic E-state index is 11.4. The Balaban J connectivity index is 2.43. The predicted molar refractivity (Wildman–Crippen MR) is 53.3 cm³/mol. The molecule has 0 fully saturated rings. The number of halogens is 1. The summed E-state index contributed by atoms with van der Waals surface area (Å²) in [6.45, 7) is 4.47. The van der Waals surface area contributed by atoms with Crippen molar-refractivity contribution in [2.75, 3.05) is 12.4 Å². The third-order valence-electron chi connectivity index (χ3n) is 1.76. The van der Waals surface area contributed by atoms with Crippen LogP contribution in [0.3, 0.4) is 0 Å². The van der Waals surface area contributed by atoms with Gasteiger partial charge in [0.1, 0.15) is 6.26 Å². The van der Waals surface area contributed by atoms with Gasteiger partial charge in [0.05, 0.1) is 0 Å². The van der Waals surface area contributed by atoms with Crippen molar-refractivity contribution in [2.24, 2.45) is 5.41 Å². The Morgan fingerprint density at radius 2 is 2.43 bits per heavy atom. The van der Waals surface area contributed by atoms with Gasteiger partial charge in [0, 0.05) is 18.5 Å². The first-order valence-corrected chi connectivity index (χ1v) is 4.83. The number of hydrogen-bond acceptors (Lipinski definition) is 3. The van der Waals surface area contributed by atoms with Crippen LogP contribution in [-0.2, 0) is 0 Å². The molecule has 0 aliphatic carbocycles. The van der Waals surface area contributed by atoms with E-state index in [1.807, 2.05) is 13.8 Å². The SMILES string of the molecule is CC(C)(CCl)CNC(=O)c1ccon1. The largest absolute Gasteiger partial charge is 0.364 e. The third-order valence-corrected chi connectivity index (χ3v) is 2.48. The summed E-state index contributed by atoms with van der Waals surface area (Å²) >= 11 is 5.72. The second-order valence-corrected chi connectivity index (χ2v) is 4.13. The summed E-state index contributed by atoms with van der Waals surface area (Å²) in [6, 6.07) is 1.52. The molecule has 0 aromatic carbocycles. The molecule has 0 saturated heterocycles. The van der Waals surface area contributed by atoms with E-state index in [1.54, 1.807) is 0 Å². The molecule has 0 atom stereocenters. The summed E-state index contributed by atoms with van der Waals surface area (Å²) in [4.78, 5) is 11.4. The summed E-state index contributed by atoms with van der Waals surface area (Å²) in [6.07, 6.45) is 1.36. The van der Waals surface area contributed by atoms with Crippen molar-refractivity contribution in [3.8, 4) is 0 Å². The molecule has 1 N–H and O–H groups in total. The van der Waals surface area contributed by atoms with Crippen LogP contribution in [0.5, 0.6) is 0 Å². The van der Waals surface area contributed by atoms with E-state index in [1.165, 1.54) is 12.3 Å². The van der Waals surface area contributed by atoms with Gasteiger partial charge in [0.2, 0.25) is 0 Å². The van der Waals surface area contributed by atoms with Crippen LogP contribution in [0.25, 0.3) is 0 Å². The second kappa shape index (κ2) is 4.46. The van der Waals surface area contributed by atoms with E-state index < -0.39 is 0 Å². The molecule has 0 aliphatic heterocycles. The molecule has 0 saturated carbocycles. The van der Waals surface area contributed by atoms with E-state index in [0.29, 0.717) is 12.4 Å². The van der Waals surface area contributed by atoms with Crippen LogP contribution in [0.15, 0.2) is 16.9 Å². The van der Waals surface area contributed by atoms with Gasteiger partial charge in [-0.05, 0) is 5.41 Å². The highest BCUT2D eigenvalue weighted by atomic mass is 35.5. The lowest BCUT2D eigenvalue weighted by Crippen LogP contribution is -2.35. The van der Waals surface area contributed by atoms with Crippen molar-refractivity contribution in [3.05, 3.63) is 18.0 Å². The van der Waals surface area contributed by atoms with Crippen LogP contribution < -0.4 is 5.32 Å². The molecule has 4 nitrogen and oxygen atoms in total. The highest BCUT2D eigenvalue weighted by molar-refractivity contribution is 6.18. The maximum Gasteiger partial charge on any atom is 0.273 e. The maximum atomic E-state index is 11.4. The predicted octanol–water partition coefficient (Wildman–Crippen LogP) is 1.67. The molecule has 0 radical (unpaired) electrons. The van der Waals surface area contributed by atoms with Gasteiger partial charge in [-0.1, -0.05) is 19.0 Å². The standard InChI is InChI=1S/C9H13ClN2O2/c1-9(2,5-10)6-11-8(13)7-3-4-14-12-7/h3-4H,5-6H2,1-2H3,(H,11,13). The van der Waals surface area contributed by atoms with Crippen molar-refractivity contribution in [1.29, 1.82) is 0 Å². The molecule has 1 aromatic rings. The van der Waals surface area contributed by atoms with Gasteiger partial charge in [0.15, 0.2) is 5.69 Å². The van der Waals surface area contributed by atoms with E-state index in [-0.39, 0.29) is 17.0 Å². The van der Waals surface area contributed by atoms with Gasteiger partial charge < -0.3 is 9.84 Å². The van der Waals surface area contributed by atoms with E-state index in [9.17, 15) is 4.79 Å². The highest BCUT2D eigenvalue weighted by Gasteiger charge is 2.18. The van der Waals surface area contributed by atoms with Gasteiger partial charge in [-0.25, -0.2) is 0 Å². The van der Waals surface area contributed by atoms with Gasteiger partial charge in [-0.2, -0.15) is 0 Å². The van der Waals surface area contributed by atoms with Gasteiger partial charge >= 0.3 is 0 Å². The molecular weight excluding hydrogens is 204 g/mol. The zero-order valence-corrected chi connectivity index (χ0v) is 8.97. The van der Waals surface area contributed by atoms with Crippen molar-refractivity contribution in [3.63, 3.8) is 0 Å². The lowest BCUT2D eigenvalue weighted by atomic mass is 9.96. The second-order valence-electron chi connectivity index (χ2n) is 3.87. The Kier molecular flexibility index (Phi) is 3.52. The number of amides is 1. The number of nitrogens with one attached hydrogen (secondary N) is 1. The molecule has 0 spiro atoms. The number of carbonyl (C=O) groups excluding carboxylic acids is 1. The van der Waals surface area contributed by atoms with Crippen LogP contribution in [-0.4, -0.2) is 23.5 Å². The zero-order valence-electron chi connectivity index (χ0n) is 8.21. The number of aromatic nitrogens is 1. The van der Waals surface area contributed by atoms with Gasteiger partial charge in [-0.15, -0.1) is 11.6 Å². The Hall–Kier alpha value is -1.03. The fraction of sp³-hybridized carbons (Fsp3) is 0.556. The smallest absolute Gasteiger partial charge is 0.273 e. The molecule has 14 heavy (non-hydrogen) atoms. The molecule has 0 aliphatic rings. The first-order chi connectivity index (χ1) is 6.55. The minimum Gasteiger partial charge on any atom is -0.364 e. The van der Waals surface area contributed by atoms with Crippen LogP contribution in [0, 0.1) is 5.41 Å². The average molecular weight is 217 g/mol. The van der Waals surface area contributed by atoms with E-state index in [2.05, 4.69) is 15.0 Å². The summed E-state index contributed by atoms with van der Waals surface area (Å²) < 4.78 is 4.56. The number of rotatable bonds is 4. The fourth-order valence-electron chi connectivity index (χ4n) is 0.787.